The third kappa shape index (κ3) is 7.34. The van der Waals surface area contributed by atoms with Crippen molar-refractivity contribution in [2.24, 2.45) is 0 Å². The molecule has 1 N–H and O–H groups in total. The van der Waals surface area contributed by atoms with Gasteiger partial charge in [0.25, 0.3) is 0 Å². The topological polar surface area (TPSA) is 24.5 Å². The van der Waals surface area contributed by atoms with Crippen LogP contribution in [0.25, 0.3) is 0 Å². The summed E-state index contributed by atoms with van der Waals surface area (Å²) in [7, 11) is 0. The maximum absolute atomic E-state index is 5.73. The van der Waals surface area contributed by atoms with E-state index in [2.05, 4.69) is 37.9 Å². The van der Waals surface area contributed by atoms with E-state index >= 15 is 0 Å². The van der Waals surface area contributed by atoms with Gasteiger partial charge in [-0.1, -0.05) is 0 Å². The zero-order valence-electron chi connectivity index (χ0n) is 12.8. The van der Waals surface area contributed by atoms with Crippen molar-refractivity contribution < 1.29 is 4.74 Å². The van der Waals surface area contributed by atoms with Crippen molar-refractivity contribution in [3.8, 4) is 0 Å². The Kier molecular flexibility index (Phi) is 7.20. The van der Waals surface area contributed by atoms with Gasteiger partial charge in [0.1, 0.15) is 0 Å². The van der Waals surface area contributed by atoms with E-state index in [1.165, 1.54) is 38.8 Å². The van der Waals surface area contributed by atoms with Crippen LogP contribution in [-0.2, 0) is 4.74 Å². The molecular formula is C15H32N2O. The van der Waals surface area contributed by atoms with Crippen LogP contribution in [0.1, 0.15) is 53.4 Å². The number of nitrogens with zero attached hydrogens (tertiary/aromatic N) is 1. The van der Waals surface area contributed by atoms with Crippen molar-refractivity contribution >= 4 is 0 Å². The lowest BCUT2D eigenvalue weighted by Gasteiger charge is -2.32. The standard InChI is InChI=1S/C15H32N2O/c1-5-18-14-9-8-12-17(13-14)11-7-6-10-16-15(2,3)4/h14,16H,5-13H2,1-4H3. The third-order valence-electron chi connectivity index (χ3n) is 3.42. The highest BCUT2D eigenvalue weighted by Gasteiger charge is 2.19. The first kappa shape index (κ1) is 15.9. The van der Waals surface area contributed by atoms with Gasteiger partial charge in [-0.2, -0.15) is 0 Å². The zero-order chi connectivity index (χ0) is 13.4. The highest BCUT2D eigenvalue weighted by Crippen LogP contribution is 2.13. The fourth-order valence-electron chi connectivity index (χ4n) is 2.51. The van der Waals surface area contributed by atoms with E-state index in [1.54, 1.807) is 0 Å². The summed E-state index contributed by atoms with van der Waals surface area (Å²) in [4.78, 5) is 2.57. The van der Waals surface area contributed by atoms with E-state index in [9.17, 15) is 0 Å². The van der Waals surface area contributed by atoms with Crippen molar-refractivity contribution in [1.29, 1.82) is 0 Å². The maximum Gasteiger partial charge on any atom is 0.0702 e. The lowest BCUT2D eigenvalue weighted by atomic mass is 10.1. The number of hydrogen-bond acceptors (Lipinski definition) is 3. The van der Waals surface area contributed by atoms with Crippen molar-refractivity contribution in [2.45, 2.75) is 65.0 Å². The third-order valence-corrected chi connectivity index (χ3v) is 3.42. The molecule has 0 saturated carbocycles. The van der Waals surface area contributed by atoms with Crippen molar-refractivity contribution in [3.63, 3.8) is 0 Å². The fraction of sp³-hybridized carbons (Fsp3) is 1.00. The van der Waals surface area contributed by atoms with Crippen LogP contribution in [0.15, 0.2) is 0 Å². The molecule has 1 rings (SSSR count). The van der Waals surface area contributed by atoms with Crippen LogP contribution in [-0.4, -0.2) is 49.3 Å². The molecule has 0 aromatic rings. The van der Waals surface area contributed by atoms with Gasteiger partial charge in [0.2, 0.25) is 0 Å². The van der Waals surface area contributed by atoms with E-state index in [1.807, 2.05) is 0 Å². The van der Waals surface area contributed by atoms with Gasteiger partial charge in [-0.25, -0.2) is 0 Å². The number of likely N-dealkylation sites (tertiary alicyclic amines) is 1. The lowest BCUT2D eigenvalue weighted by Crippen LogP contribution is -2.40. The summed E-state index contributed by atoms with van der Waals surface area (Å²) in [6.07, 6.45) is 5.59. The average Bonchev–Trinajstić information content (AvgIpc) is 2.28. The molecular weight excluding hydrogens is 224 g/mol. The first-order chi connectivity index (χ1) is 8.51. The Bertz CT molecular complexity index is 211. The highest BCUT2D eigenvalue weighted by atomic mass is 16.5. The quantitative estimate of drug-likeness (QED) is 0.709. The summed E-state index contributed by atoms with van der Waals surface area (Å²) in [6, 6.07) is 0. The molecule has 0 radical (unpaired) electrons. The monoisotopic (exact) mass is 256 g/mol. The molecule has 1 saturated heterocycles. The molecule has 18 heavy (non-hydrogen) atoms. The Balaban J connectivity index is 2.04. The Morgan fingerprint density at radius 3 is 2.72 bits per heavy atom. The molecule has 3 nitrogen and oxygen atoms in total. The number of unbranched alkanes of at least 4 members (excludes halogenated alkanes) is 1. The molecule has 1 atom stereocenters. The second kappa shape index (κ2) is 8.13. The highest BCUT2D eigenvalue weighted by molar-refractivity contribution is 4.74. The Morgan fingerprint density at radius 1 is 1.28 bits per heavy atom. The molecule has 0 amide bonds. The van der Waals surface area contributed by atoms with Gasteiger partial charge < -0.3 is 15.0 Å². The minimum absolute atomic E-state index is 0.255. The van der Waals surface area contributed by atoms with E-state index in [-0.39, 0.29) is 5.54 Å². The molecule has 0 spiro atoms. The number of rotatable bonds is 7. The maximum atomic E-state index is 5.73. The normalized spacial score (nSPS) is 22.3. The Hall–Kier alpha value is -0.120. The number of hydrogen-bond donors (Lipinski definition) is 1. The van der Waals surface area contributed by atoms with Gasteiger partial charge in [-0.15, -0.1) is 0 Å². The lowest BCUT2D eigenvalue weighted by molar-refractivity contribution is 0.00561. The van der Waals surface area contributed by atoms with E-state index < -0.39 is 0 Å². The van der Waals surface area contributed by atoms with Crippen LogP contribution in [0.3, 0.4) is 0 Å². The Labute approximate surface area is 113 Å². The first-order valence-electron chi connectivity index (χ1n) is 7.60. The molecule has 0 aromatic carbocycles. The summed E-state index contributed by atoms with van der Waals surface area (Å²) in [5.74, 6) is 0. The molecule has 0 bridgehead atoms. The van der Waals surface area contributed by atoms with Crippen LogP contribution in [0.5, 0.6) is 0 Å². The van der Waals surface area contributed by atoms with Crippen LogP contribution in [0.2, 0.25) is 0 Å². The molecule has 1 fully saturated rings. The van der Waals surface area contributed by atoms with Gasteiger partial charge in [0.15, 0.2) is 0 Å². The molecule has 0 aromatic heterocycles. The van der Waals surface area contributed by atoms with Crippen LogP contribution in [0.4, 0.5) is 0 Å². The largest absolute Gasteiger partial charge is 0.377 e. The second-order valence-electron chi connectivity index (χ2n) is 6.40. The molecule has 3 heteroatoms. The predicted molar refractivity (Wildman–Crippen MR) is 78.1 cm³/mol. The van der Waals surface area contributed by atoms with E-state index in [4.69, 9.17) is 4.74 Å². The van der Waals surface area contributed by atoms with Crippen LogP contribution < -0.4 is 5.32 Å². The predicted octanol–water partition coefficient (Wildman–Crippen LogP) is 2.66. The molecule has 1 aliphatic rings. The zero-order valence-corrected chi connectivity index (χ0v) is 12.8. The average molecular weight is 256 g/mol. The van der Waals surface area contributed by atoms with Gasteiger partial charge >= 0.3 is 0 Å². The summed E-state index contributed by atoms with van der Waals surface area (Å²) >= 11 is 0. The summed E-state index contributed by atoms with van der Waals surface area (Å²) in [5.41, 5.74) is 0.255. The number of ether oxygens (including phenoxy) is 1. The first-order valence-corrected chi connectivity index (χ1v) is 7.60. The minimum Gasteiger partial charge on any atom is -0.377 e. The van der Waals surface area contributed by atoms with Crippen LogP contribution >= 0.6 is 0 Å². The summed E-state index contributed by atoms with van der Waals surface area (Å²) in [5, 5.41) is 3.55. The smallest absolute Gasteiger partial charge is 0.0702 e. The second-order valence-corrected chi connectivity index (χ2v) is 6.40. The van der Waals surface area contributed by atoms with Crippen molar-refractivity contribution in [2.75, 3.05) is 32.8 Å². The SMILES string of the molecule is CCOC1CCCN(CCCCNC(C)(C)C)C1. The summed E-state index contributed by atoms with van der Waals surface area (Å²) < 4.78 is 5.73. The summed E-state index contributed by atoms with van der Waals surface area (Å²) in [6.45, 7) is 14.4. The fourth-order valence-corrected chi connectivity index (χ4v) is 2.51. The van der Waals surface area contributed by atoms with E-state index in [0.29, 0.717) is 6.10 Å². The molecule has 0 aliphatic carbocycles. The van der Waals surface area contributed by atoms with Crippen LogP contribution in [0, 0.1) is 0 Å². The van der Waals surface area contributed by atoms with E-state index in [0.717, 1.165) is 19.7 Å². The van der Waals surface area contributed by atoms with Gasteiger partial charge in [-0.3, -0.25) is 0 Å². The van der Waals surface area contributed by atoms with Gasteiger partial charge in [0, 0.05) is 18.7 Å². The van der Waals surface area contributed by atoms with Gasteiger partial charge in [-0.05, 0) is 73.0 Å². The number of piperidine rings is 1. The minimum atomic E-state index is 0.255. The number of nitrogens with one attached hydrogen (secondary N) is 1. The van der Waals surface area contributed by atoms with Crippen molar-refractivity contribution in [1.82, 2.24) is 10.2 Å². The van der Waals surface area contributed by atoms with Crippen molar-refractivity contribution in [3.05, 3.63) is 0 Å². The molecule has 108 valence electrons. The van der Waals surface area contributed by atoms with Gasteiger partial charge in [0.05, 0.1) is 6.10 Å². The molecule has 1 aliphatic heterocycles. The Morgan fingerprint density at radius 2 is 2.06 bits per heavy atom. The molecule has 1 unspecified atom stereocenters. The molecule has 1 heterocycles.